The first kappa shape index (κ1) is 19.8. The van der Waals surface area contributed by atoms with E-state index in [0.29, 0.717) is 45.8 Å². The molecule has 0 bridgehead atoms. The highest BCUT2D eigenvalue weighted by molar-refractivity contribution is 5.94. The monoisotopic (exact) mass is 406 g/mol. The normalized spacial score (nSPS) is 14.4. The first-order valence-electron chi connectivity index (χ1n) is 9.67. The second-order valence-corrected chi connectivity index (χ2v) is 7.05. The summed E-state index contributed by atoms with van der Waals surface area (Å²) in [5.74, 6) is 1.37. The zero-order chi connectivity index (χ0) is 21.3. The van der Waals surface area contributed by atoms with Gasteiger partial charge < -0.3 is 18.6 Å². The molecule has 6 nitrogen and oxygen atoms in total. The topological polar surface area (TPSA) is 75.0 Å². The molecule has 0 saturated carbocycles. The molecule has 0 radical (unpaired) electrons. The van der Waals surface area contributed by atoms with Crippen LogP contribution < -0.4 is 14.9 Å². The highest BCUT2D eigenvalue weighted by Gasteiger charge is 2.23. The minimum absolute atomic E-state index is 0.111. The van der Waals surface area contributed by atoms with Crippen LogP contribution in [0.4, 0.5) is 0 Å². The SMILES string of the molecule is COC(=O)c1ccc2oc3c(c(=O)c2c1)CCCC3=Cc1cccc(OC)c1OC. The zero-order valence-electron chi connectivity index (χ0n) is 17.1. The van der Waals surface area contributed by atoms with Crippen molar-refractivity contribution in [3.8, 4) is 11.5 Å². The molecule has 30 heavy (non-hydrogen) atoms. The van der Waals surface area contributed by atoms with Crippen LogP contribution in [0.1, 0.15) is 40.1 Å². The van der Waals surface area contributed by atoms with Crippen LogP contribution in [-0.2, 0) is 11.2 Å². The molecule has 0 fully saturated rings. The van der Waals surface area contributed by atoms with E-state index >= 15 is 0 Å². The van der Waals surface area contributed by atoms with Crippen molar-refractivity contribution in [2.24, 2.45) is 0 Å². The van der Waals surface area contributed by atoms with Crippen LogP contribution in [0, 0.1) is 0 Å². The van der Waals surface area contributed by atoms with E-state index in [0.717, 1.165) is 24.0 Å². The largest absolute Gasteiger partial charge is 0.493 e. The Kier molecular flexibility index (Phi) is 5.31. The Morgan fingerprint density at radius 1 is 1.07 bits per heavy atom. The number of fused-ring (bicyclic) bond motifs is 2. The molecular weight excluding hydrogens is 384 g/mol. The summed E-state index contributed by atoms with van der Waals surface area (Å²) in [4.78, 5) is 25.0. The van der Waals surface area contributed by atoms with Gasteiger partial charge in [0.05, 0.1) is 32.3 Å². The molecule has 6 heteroatoms. The predicted octanol–water partition coefficient (Wildman–Crippen LogP) is 4.47. The van der Waals surface area contributed by atoms with Crippen molar-refractivity contribution in [1.29, 1.82) is 0 Å². The van der Waals surface area contributed by atoms with E-state index in [1.54, 1.807) is 26.4 Å². The number of allylic oxidation sites excluding steroid dienone is 1. The summed E-state index contributed by atoms with van der Waals surface area (Å²) in [7, 11) is 4.51. The molecule has 0 N–H and O–H groups in total. The van der Waals surface area contributed by atoms with Gasteiger partial charge in [-0.3, -0.25) is 4.79 Å². The lowest BCUT2D eigenvalue weighted by molar-refractivity contribution is 0.0601. The summed E-state index contributed by atoms with van der Waals surface area (Å²) < 4.78 is 21.8. The van der Waals surface area contributed by atoms with E-state index in [2.05, 4.69) is 0 Å². The molecule has 1 heterocycles. The maximum absolute atomic E-state index is 13.2. The Hall–Kier alpha value is -3.54. The summed E-state index contributed by atoms with van der Waals surface area (Å²) in [6.07, 6.45) is 4.22. The maximum atomic E-state index is 13.2. The fourth-order valence-electron chi connectivity index (χ4n) is 3.89. The van der Waals surface area contributed by atoms with E-state index < -0.39 is 5.97 Å². The number of hydrogen-bond acceptors (Lipinski definition) is 6. The number of benzene rings is 2. The molecule has 0 amide bonds. The summed E-state index contributed by atoms with van der Waals surface area (Å²) >= 11 is 0. The molecule has 0 unspecified atom stereocenters. The minimum Gasteiger partial charge on any atom is -0.493 e. The Bertz CT molecular complexity index is 1220. The predicted molar refractivity (Wildman–Crippen MR) is 114 cm³/mol. The highest BCUT2D eigenvalue weighted by atomic mass is 16.5. The molecule has 1 aromatic heterocycles. The molecular formula is C24H22O6. The minimum atomic E-state index is -0.486. The number of methoxy groups -OCH3 is 3. The lowest BCUT2D eigenvalue weighted by atomic mass is 9.90. The number of para-hydroxylation sites is 1. The Labute approximate surface area is 173 Å². The van der Waals surface area contributed by atoms with E-state index in [4.69, 9.17) is 18.6 Å². The van der Waals surface area contributed by atoms with Crippen LogP contribution in [0.5, 0.6) is 11.5 Å². The van der Waals surface area contributed by atoms with Gasteiger partial charge in [0.1, 0.15) is 11.3 Å². The van der Waals surface area contributed by atoms with Gasteiger partial charge in [0.15, 0.2) is 16.9 Å². The Morgan fingerprint density at radius 3 is 2.63 bits per heavy atom. The van der Waals surface area contributed by atoms with Crippen molar-refractivity contribution in [3.05, 3.63) is 69.1 Å². The van der Waals surface area contributed by atoms with Gasteiger partial charge in [-0.05, 0) is 55.2 Å². The molecule has 154 valence electrons. The molecule has 0 aliphatic heterocycles. The van der Waals surface area contributed by atoms with Crippen molar-refractivity contribution in [1.82, 2.24) is 0 Å². The fraction of sp³-hybridized carbons (Fsp3) is 0.250. The summed E-state index contributed by atoms with van der Waals surface area (Å²) in [6, 6.07) is 10.4. The van der Waals surface area contributed by atoms with Gasteiger partial charge in [-0.2, -0.15) is 0 Å². The van der Waals surface area contributed by atoms with Crippen LogP contribution >= 0.6 is 0 Å². The van der Waals surface area contributed by atoms with Crippen LogP contribution in [0.2, 0.25) is 0 Å². The molecule has 0 spiro atoms. The Morgan fingerprint density at radius 2 is 1.90 bits per heavy atom. The van der Waals surface area contributed by atoms with Gasteiger partial charge in [0, 0.05) is 11.1 Å². The van der Waals surface area contributed by atoms with Gasteiger partial charge in [0.2, 0.25) is 0 Å². The van der Waals surface area contributed by atoms with E-state index in [-0.39, 0.29) is 5.43 Å². The third-order valence-corrected chi connectivity index (χ3v) is 5.33. The van der Waals surface area contributed by atoms with E-state index in [1.807, 2.05) is 24.3 Å². The van der Waals surface area contributed by atoms with Gasteiger partial charge in [-0.1, -0.05) is 12.1 Å². The fourth-order valence-corrected chi connectivity index (χ4v) is 3.89. The number of carbonyl (C=O) groups is 1. The first-order valence-corrected chi connectivity index (χ1v) is 9.67. The van der Waals surface area contributed by atoms with E-state index in [9.17, 15) is 9.59 Å². The van der Waals surface area contributed by atoms with Gasteiger partial charge >= 0.3 is 5.97 Å². The van der Waals surface area contributed by atoms with Gasteiger partial charge in [0.25, 0.3) is 0 Å². The smallest absolute Gasteiger partial charge is 0.337 e. The third-order valence-electron chi connectivity index (χ3n) is 5.33. The van der Waals surface area contributed by atoms with Crippen molar-refractivity contribution in [2.75, 3.05) is 21.3 Å². The Balaban J connectivity index is 1.88. The van der Waals surface area contributed by atoms with E-state index in [1.165, 1.54) is 13.2 Å². The van der Waals surface area contributed by atoms with Crippen LogP contribution in [-0.4, -0.2) is 27.3 Å². The standard InChI is InChI=1S/C24H22O6/c1-27-20-9-5-7-15(23(20)28-2)12-14-6-4-8-17-21(25)18-13-16(24(26)29-3)10-11-19(18)30-22(14)17/h5,7,9-13H,4,6,8H2,1-3H3. The number of rotatable bonds is 4. The number of hydrogen-bond donors (Lipinski definition) is 0. The van der Waals surface area contributed by atoms with Crippen molar-refractivity contribution >= 4 is 28.6 Å². The molecule has 0 atom stereocenters. The number of carbonyl (C=O) groups excluding carboxylic acids is 1. The number of esters is 1. The average molecular weight is 406 g/mol. The molecule has 1 aliphatic carbocycles. The number of ether oxygens (including phenoxy) is 3. The summed E-state index contributed by atoms with van der Waals surface area (Å²) in [5.41, 5.74) is 3.06. The first-order chi connectivity index (χ1) is 14.6. The molecule has 4 rings (SSSR count). The summed E-state index contributed by atoms with van der Waals surface area (Å²) in [5, 5.41) is 0.386. The highest BCUT2D eigenvalue weighted by Crippen LogP contribution is 2.37. The van der Waals surface area contributed by atoms with Crippen LogP contribution in [0.25, 0.3) is 22.6 Å². The van der Waals surface area contributed by atoms with Gasteiger partial charge in [-0.15, -0.1) is 0 Å². The van der Waals surface area contributed by atoms with Crippen LogP contribution in [0.15, 0.2) is 45.6 Å². The second-order valence-electron chi connectivity index (χ2n) is 7.05. The third kappa shape index (κ3) is 3.34. The second kappa shape index (κ2) is 8.06. The maximum Gasteiger partial charge on any atom is 0.337 e. The van der Waals surface area contributed by atoms with Crippen molar-refractivity contribution in [3.63, 3.8) is 0 Å². The lowest BCUT2D eigenvalue weighted by Gasteiger charge is -2.19. The lowest BCUT2D eigenvalue weighted by Crippen LogP contribution is -2.16. The summed E-state index contributed by atoms with van der Waals surface area (Å²) in [6.45, 7) is 0. The van der Waals surface area contributed by atoms with Crippen molar-refractivity contribution < 1.29 is 23.4 Å². The van der Waals surface area contributed by atoms with Crippen molar-refractivity contribution in [2.45, 2.75) is 19.3 Å². The van der Waals surface area contributed by atoms with Crippen LogP contribution in [0.3, 0.4) is 0 Å². The molecule has 1 aliphatic rings. The molecule has 0 saturated heterocycles. The molecule has 3 aromatic rings. The molecule has 2 aromatic carbocycles. The average Bonchev–Trinajstić information content (AvgIpc) is 2.78. The van der Waals surface area contributed by atoms with Gasteiger partial charge in [-0.25, -0.2) is 4.79 Å². The zero-order valence-corrected chi connectivity index (χ0v) is 17.1. The quantitative estimate of drug-likeness (QED) is 0.595.